The molecule has 1 N–H and O–H groups in total. The lowest BCUT2D eigenvalue weighted by Crippen LogP contribution is -2.57. The van der Waals surface area contributed by atoms with E-state index < -0.39 is 0 Å². The molecule has 3 aliphatic heterocycles. The Morgan fingerprint density at radius 3 is 2.76 bits per heavy atom. The molecule has 7 heteroatoms. The summed E-state index contributed by atoms with van der Waals surface area (Å²) in [5.41, 5.74) is 6.27. The van der Waals surface area contributed by atoms with Crippen LogP contribution in [-0.4, -0.2) is 38.7 Å². The molecule has 34 heavy (non-hydrogen) atoms. The second-order valence-electron chi connectivity index (χ2n) is 9.69. The van der Waals surface area contributed by atoms with Crippen LogP contribution in [0.15, 0.2) is 48.5 Å². The van der Waals surface area contributed by atoms with Crippen molar-refractivity contribution in [3.63, 3.8) is 0 Å². The summed E-state index contributed by atoms with van der Waals surface area (Å²) in [5.74, 6) is 2.54. The molecule has 1 saturated heterocycles. The highest BCUT2D eigenvalue weighted by Gasteiger charge is 2.40. The van der Waals surface area contributed by atoms with Crippen molar-refractivity contribution in [3.05, 3.63) is 59.8 Å². The monoisotopic (exact) mass is 453 g/mol. The van der Waals surface area contributed by atoms with E-state index in [1.165, 1.54) is 24.0 Å². The van der Waals surface area contributed by atoms with Crippen LogP contribution in [0.4, 0.5) is 5.82 Å². The maximum absolute atomic E-state index is 5.74. The van der Waals surface area contributed by atoms with Crippen molar-refractivity contribution < 1.29 is 9.47 Å². The van der Waals surface area contributed by atoms with Crippen LogP contribution in [0.3, 0.4) is 0 Å². The van der Waals surface area contributed by atoms with Crippen molar-refractivity contribution in [1.29, 1.82) is 0 Å². The molecule has 1 atom stereocenters. The molecule has 2 aromatic heterocycles. The van der Waals surface area contributed by atoms with Gasteiger partial charge in [-0.25, -0.2) is 9.67 Å². The number of fused-ring (bicyclic) bond motifs is 4. The van der Waals surface area contributed by atoms with E-state index in [1.807, 2.05) is 28.9 Å². The first kappa shape index (κ1) is 19.9. The zero-order valence-corrected chi connectivity index (χ0v) is 19.5. The van der Waals surface area contributed by atoms with E-state index in [0.717, 1.165) is 64.8 Å². The molecule has 1 fully saturated rings. The van der Waals surface area contributed by atoms with Gasteiger partial charge in [-0.3, -0.25) is 4.90 Å². The number of anilines is 1. The van der Waals surface area contributed by atoms with Crippen LogP contribution in [0.5, 0.6) is 11.5 Å². The van der Waals surface area contributed by atoms with Crippen molar-refractivity contribution in [1.82, 2.24) is 19.7 Å². The molecule has 0 aliphatic carbocycles. The number of aryl methyl sites for hydroxylation is 1. The third-order valence-corrected chi connectivity index (χ3v) is 7.53. The van der Waals surface area contributed by atoms with Crippen molar-refractivity contribution in [2.45, 2.75) is 45.3 Å². The zero-order chi connectivity index (χ0) is 22.9. The molecule has 2 aromatic carbocycles. The van der Waals surface area contributed by atoms with Crippen LogP contribution in [0, 0.1) is 6.92 Å². The topological polar surface area (TPSA) is 64.4 Å². The zero-order valence-electron chi connectivity index (χ0n) is 19.5. The Balaban J connectivity index is 1.52. The highest BCUT2D eigenvalue weighted by atomic mass is 16.7. The lowest BCUT2D eigenvalue weighted by Gasteiger charge is -2.49. The summed E-state index contributed by atoms with van der Waals surface area (Å²) >= 11 is 0. The van der Waals surface area contributed by atoms with E-state index in [1.54, 1.807) is 0 Å². The average Bonchev–Trinajstić information content (AvgIpc) is 3.45. The number of benzene rings is 2. The van der Waals surface area contributed by atoms with Crippen LogP contribution in [0.2, 0.25) is 0 Å². The molecule has 7 nitrogen and oxygen atoms in total. The number of hydrogen-bond acceptors (Lipinski definition) is 6. The summed E-state index contributed by atoms with van der Waals surface area (Å²) in [5, 5.41) is 9.88. The smallest absolute Gasteiger partial charge is 0.231 e. The number of aromatic nitrogens is 3. The van der Waals surface area contributed by atoms with Gasteiger partial charge in [-0.2, -0.15) is 5.10 Å². The molecule has 172 valence electrons. The second-order valence-corrected chi connectivity index (χ2v) is 9.69. The van der Waals surface area contributed by atoms with Crippen molar-refractivity contribution in [3.8, 4) is 28.3 Å². The van der Waals surface area contributed by atoms with E-state index in [-0.39, 0.29) is 12.5 Å². The van der Waals surface area contributed by atoms with Crippen LogP contribution in [0.1, 0.15) is 37.4 Å². The minimum atomic E-state index is -0.0786. The predicted molar refractivity (Wildman–Crippen MR) is 131 cm³/mol. The van der Waals surface area contributed by atoms with E-state index >= 15 is 0 Å². The number of hydrogen-bond donors (Lipinski definition) is 1. The Labute approximate surface area is 198 Å². The number of ether oxygens (including phenoxy) is 2. The number of nitrogens with zero attached hydrogens (tertiary/aromatic N) is 4. The van der Waals surface area contributed by atoms with Gasteiger partial charge in [0.15, 0.2) is 17.1 Å². The van der Waals surface area contributed by atoms with Gasteiger partial charge in [-0.05, 0) is 62.9 Å². The summed E-state index contributed by atoms with van der Waals surface area (Å²) in [6, 6.07) is 16.5. The van der Waals surface area contributed by atoms with Gasteiger partial charge in [0.05, 0.1) is 22.4 Å². The minimum Gasteiger partial charge on any atom is -0.454 e. The molecule has 0 radical (unpaired) electrons. The third kappa shape index (κ3) is 2.86. The average molecular weight is 454 g/mol. The lowest BCUT2D eigenvalue weighted by molar-refractivity contribution is 0.0691. The first-order chi connectivity index (χ1) is 16.6. The lowest BCUT2D eigenvalue weighted by atomic mass is 9.89. The summed E-state index contributed by atoms with van der Waals surface area (Å²) < 4.78 is 13.3. The Morgan fingerprint density at radius 2 is 1.88 bits per heavy atom. The van der Waals surface area contributed by atoms with Crippen LogP contribution in [-0.2, 0) is 6.54 Å². The van der Waals surface area contributed by atoms with Gasteiger partial charge < -0.3 is 14.8 Å². The molecule has 1 unspecified atom stereocenters. The maximum atomic E-state index is 5.74. The number of rotatable bonds is 2. The maximum Gasteiger partial charge on any atom is 0.231 e. The largest absolute Gasteiger partial charge is 0.454 e. The Kier molecular flexibility index (Phi) is 4.21. The predicted octanol–water partition coefficient (Wildman–Crippen LogP) is 5.25. The highest BCUT2D eigenvalue weighted by molar-refractivity contribution is 6.00. The molecular weight excluding hydrogens is 426 g/mol. The van der Waals surface area contributed by atoms with Crippen molar-refractivity contribution in [2.24, 2.45) is 0 Å². The number of piperidine rings is 1. The minimum absolute atomic E-state index is 0.0786. The number of pyridine rings is 1. The SMILES string of the molecule is Cc1nn(-c2ccccc2)c2nc3c(c(-c4ccc5c(c4)OCO5)c12)CN1CCCCC1(C)N3. The molecule has 7 rings (SSSR count). The molecule has 3 aliphatic rings. The molecule has 0 bridgehead atoms. The van der Waals surface area contributed by atoms with Gasteiger partial charge in [0.2, 0.25) is 6.79 Å². The highest BCUT2D eigenvalue weighted by Crippen LogP contribution is 2.46. The standard InChI is InChI=1S/C27H27N5O2/c1-17-23-24(18-10-11-21-22(14-18)34-16-33-21)20-15-31-13-7-6-12-27(31,2)29-25(20)28-26(23)32(30-17)19-8-4-3-5-9-19/h3-5,8-11,14H,6-7,12-13,15-16H2,1-2H3,(H,28,29). The quantitative estimate of drug-likeness (QED) is 0.447. The van der Waals surface area contributed by atoms with Gasteiger partial charge in [-0.1, -0.05) is 24.3 Å². The second kappa shape index (κ2) is 7.21. The van der Waals surface area contributed by atoms with E-state index in [4.69, 9.17) is 19.6 Å². The molecule has 0 saturated carbocycles. The van der Waals surface area contributed by atoms with Gasteiger partial charge in [0.1, 0.15) is 5.82 Å². The molecular formula is C27H27N5O2. The fourth-order valence-electron chi connectivity index (χ4n) is 5.75. The number of nitrogens with one attached hydrogen (secondary N) is 1. The van der Waals surface area contributed by atoms with Crippen molar-refractivity contribution in [2.75, 3.05) is 18.7 Å². The first-order valence-corrected chi connectivity index (χ1v) is 12.0. The molecule has 0 amide bonds. The summed E-state index contributed by atoms with van der Waals surface area (Å²) in [6.07, 6.45) is 3.57. The van der Waals surface area contributed by atoms with Gasteiger partial charge in [-0.15, -0.1) is 0 Å². The summed E-state index contributed by atoms with van der Waals surface area (Å²) in [7, 11) is 0. The van der Waals surface area contributed by atoms with E-state index in [9.17, 15) is 0 Å². The van der Waals surface area contributed by atoms with Gasteiger partial charge in [0.25, 0.3) is 0 Å². The van der Waals surface area contributed by atoms with Gasteiger partial charge >= 0.3 is 0 Å². The normalized spacial score (nSPS) is 21.2. The van der Waals surface area contributed by atoms with Crippen LogP contribution < -0.4 is 14.8 Å². The summed E-state index contributed by atoms with van der Waals surface area (Å²) in [4.78, 5) is 7.78. The Morgan fingerprint density at radius 1 is 1.03 bits per heavy atom. The Hall–Kier alpha value is -3.58. The van der Waals surface area contributed by atoms with Crippen LogP contribution >= 0.6 is 0 Å². The first-order valence-electron chi connectivity index (χ1n) is 12.0. The van der Waals surface area contributed by atoms with Crippen LogP contribution in [0.25, 0.3) is 27.8 Å². The molecule has 4 aromatic rings. The fourth-order valence-corrected chi connectivity index (χ4v) is 5.75. The van der Waals surface area contributed by atoms with E-state index in [0.29, 0.717) is 0 Å². The summed E-state index contributed by atoms with van der Waals surface area (Å²) in [6.45, 7) is 6.60. The fraction of sp³-hybridized carbons (Fsp3) is 0.333. The van der Waals surface area contributed by atoms with Crippen molar-refractivity contribution >= 4 is 16.9 Å². The third-order valence-electron chi connectivity index (χ3n) is 7.53. The number of para-hydroxylation sites is 1. The van der Waals surface area contributed by atoms with E-state index in [2.05, 4.69) is 48.3 Å². The Bertz CT molecular complexity index is 1430. The molecule has 0 spiro atoms. The van der Waals surface area contributed by atoms with Gasteiger partial charge in [0, 0.05) is 24.2 Å². The molecule has 5 heterocycles.